The zero-order valence-electron chi connectivity index (χ0n) is 42.2. The Hall–Kier alpha value is -1.58. The Morgan fingerprint density at radius 1 is 0.439 bits per heavy atom. The number of benzene rings is 2. The van der Waals surface area contributed by atoms with Gasteiger partial charge in [-0.1, -0.05) is 88.6 Å². The number of hydrogen-bond acceptors (Lipinski definition) is 15. The third-order valence-corrected chi connectivity index (χ3v) is 6.73. The first-order chi connectivity index (χ1) is 30.0. The van der Waals surface area contributed by atoms with Crippen LogP contribution < -0.4 is 0 Å². The van der Waals surface area contributed by atoms with Gasteiger partial charge >= 0.3 is 0 Å². The fraction of sp³-hybridized carbons (Fsp3) is 0.653. The molecule has 0 radical (unpaired) electrons. The number of ketones is 4. The van der Waals surface area contributed by atoms with Crippen molar-refractivity contribution >= 4 is 23.1 Å². The van der Waals surface area contributed by atoms with E-state index in [4.69, 9.17) is 51.1 Å². The summed E-state index contributed by atoms with van der Waals surface area (Å²) < 4.78 is 4.69. The summed E-state index contributed by atoms with van der Waals surface area (Å²) in [6, 6.07) is 14.8. The van der Waals surface area contributed by atoms with Crippen LogP contribution in [0.15, 0.2) is 48.5 Å². The molecular weight excluding hydrogens is 1190 g/mol. The van der Waals surface area contributed by atoms with Gasteiger partial charge in [-0.2, -0.15) is 0 Å². The summed E-state index contributed by atoms with van der Waals surface area (Å²) in [7, 11) is 3.27. The van der Waals surface area contributed by atoms with Crippen LogP contribution in [-0.2, 0) is 102 Å². The van der Waals surface area contributed by atoms with Gasteiger partial charge in [0.15, 0.2) is 0 Å². The van der Waals surface area contributed by atoms with Crippen molar-refractivity contribution < 1.29 is 127 Å². The van der Waals surface area contributed by atoms with Gasteiger partial charge in [0.1, 0.15) is 23.1 Å². The van der Waals surface area contributed by atoms with Crippen molar-refractivity contribution in [2.45, 2.75) is 191 Å². The predicted molar refractivity (Wildman–Crippen MR) is 255 cm³/mol. The van der Waals surface area contributed by atoms with Crippen molar-refractivity contribution in [1.82, 2.24) is 0 Å². The van der Waals surface area contributed by atoms with Gasteiger partial charge < -0.3 is 55.8 Å². The van der Waals surface area contributed by atoms with Crippen LogP contribution in [0.3, 0.4) is 0 Å². The molecule has 0 bridgehead atoms. The van der Waals surface area contributed by atoms with Gasteiger partial charge in [0.2, 0.25) is 0 Å². The number of carbonyl (C=O) groups excluding carboxylic acids is 4. The first-order valence-electron chi connectivity index (χ1n) is 21.9. The Morgan fingerprint density at radius 3 is 0.697 bits per heavy atom. The van der Waals surface area contributed by atoms with E-state index in [9.17, 15) is 19.2 Å². The second-order valence-electron chi connectivity index (χ2n) is 14.7. The van der Waals surface area contributed by atoms with Gasteiger partial charge in [-0.25, -0.2) is 7.11 Å². The summed E-state index contributed by atoms with van der Waals surface area (Å²) in [5, 5.41) is 84.2. The molecular formula is C49H91Hf2O15-. The summed E-state index contributed by atoms with van der Waals surface area (Å²) in [6.07, 6.45) is 5.33. The van der Waals surface area contributed by atoms with Crippen molar-refractivity contribution in [2.75, 3.05) is 19.8 Å². The third-order valence-electron chi connectivity index (χ3n) is 6.73. The van der Waals surface area contributed by atoms with Gasteiger partial charge in [-0.15, -0.1) is 0 Å². The number of aliphatic hydroxyl groups excluding tert-OH is 10. The maximum Gasteiger partial charge on any atom is 0.132 e. The van der Waals surface area contributed by atoms with Crippen LogP contribution >= 0.6 is 0 Å². The van der Waals surface area contributed by atoms with Crippen LogP contribution in [-0.4, -0.2) is 118 Å². The Labute approximate surface area is 436 Å². The second kappa shape index (κ2) is 67.7. The summed E-state index contributed by atoms with van der Waals surface area (Å²) >= 11 is 0. The van der Waals surface area contributed by atoms with E-state index in [1.54, 1.807) is 52.0 Å². The molecule has 0 amide bonds. The molecule has 0 fully saturated rings. The zero-order valence-corrected chi connectivity index (χ0v) is 49.4. The predicted octanol–water partition coefficient (Wildman–Crippen LogP) is 5.87. The van der Waals surface area contributed by atoms with Crippen molar-refractivity contribution in [1.29, 1.82) is 0 Å². The molecule has 15 nitrogen and oxygen atoms in total. The molecule has 2 rings (SSSR count). The van der Waals surface area contributed by atoms with Crippen LogP contribution in [0.2, 0.25) is 0 Å². The molecule has 10 N–H and O–H groups in total. The van der Waals surface area contributed by atoms with Crippen LogP contribution in [0.25, 0.3) is 0 Å². The molecule has 0 saturated carbocycles. The molecule has 0 aliphatic rings. The Kier molecular flexibility index (Phi) is 86.5. The summed E-state index contributed by atoms with van der Waals surface area (Å²) in [5.41, 5.74) is 3.73. The number of aliphatic hydroxyl groups is 10. The molecule has 0 saturated heterocycles. The first kappa shape index (κ1) is 84.4. The van der Waals surface area contributed by atoms with E-state index in [0.717, 1.165) is 60.8 Å². The van der Waals surface area contributed by atoms with E-state index < -0.39 is 24.4 Å². The standard InChI is InChI=1S/C9H11O2.C8H10O2.4C5H10O2.3C4H10O.2Hf/c1-11-7-9-4-2-8(6-10)3-5-9;9-5-7-1-2-8(6-10)4-3-7;4*1-4(6)3-5(2)7;3*1-2-3-4-5;;/h2-5,10H,1,6-7H2;1-4,9-10H,5-6H2;4*4,6H,3H2,1-2H3;3*5H,2-4H2,1H3;;/q-1;;;;;;;;;;. The number of rotatable bonds is 19. The fourth-order valence-corrected chi connectivity index (χ4v) is 3.75. The Bertz CT molecular complexity index is 1140. The maximum absolute atomic E-state index is 10.1. The quantitative estimate of drug-likeness (QED) is 0.0582. The van der Waals surface area contributed by atoms with Gasteiger partial charge in [0.25, 0.3) is 0 Å². The topological polar surface area (TPSA) is 280 Å². The van der Waals surface area contributed by atoms with Crippen molar-refractivity contribution in [3.05, 3.63) is 77.9 Å². The normalized spacial score (nSPS) is 10.8. The molecule has 386 valence electrons. The second-order valence-corrected chi connectivity index (χ2v) is 14.7. The smallest absolute Gasteiger partial charge is 0.132 e. The molecule has 0 aliphatic heterocycles. The van der Waals surface area contributed by atoms with E-state index >= 15 is 0 Å². The molecule has 4 unspecified atom stereocenters. The first-order valence-corrected chi connectivity index (χ1v) is 21.9. The third kappa shape index (κ3) is 96.4. The molecule has 2 aromatic rings. The van der Waals surface area contributed by atoms with Gasteiger partial charge in [0.05, 0.1) is 44.2 Å². The number of hydrogen-bond donors (Lipinski definition) is 10. The summed E-state index contributed by atoms with van der Waals surface area (Å²) in [4.78, 5) is 40.4. The van der Waals surface area contributed by atoms with E-state index in [-0.39, 0.29) is 120 Å². The largest absolute Gasteiger partial charge is 0.552 e. The minimum Gasteiger partial charge on any atom is -0.552 e. The number of carbonyl (C=O) groups is 4. The van der Waals surface area contributed by atoms with Crippen molar-refractivity contribution in [2.24, 2.45) is 0 Å². The molecule has 4 atom stereocenters. The van der Waals surface area contributed by atoms with Gasteiger partial charge in [0, 0.05) is 104 Å². The SMILES string of the molecule is CC(=O)CC(C)O.CC(=O)CC(C)O.CC(=O)CC(C)O.CC(=O)CC(C)O.CCCCO.CCCCO.CCCCO.OCc1ccc(CO)cc1.[CH2-]OCc1ccc(CO)cc1.[Hf].[Hf]. The van der Waals surface area contributed by atoms with Gasteiger partial charge in [-0.3, -0.25) is 19.2 Å². The fourth-order valence-electron chi connectivity index (χ4n) is 3.75. The average molecular weight is 1280 g/mol. The van der Waals surface area contributed by atoms with Crippen LogP contribution in [0.1, 0.15) is 163 Å². The molecule has 0 heterocycles. The van der Waals surface area contributed by atoms with E-state index in [0.29, 0.717) is 26.4 Å². The van der Waals surface area contributed by atoms with E-state index in [1.165, 1.54) is 27.7 Å². The minimum absolute atomic E-state index is 0. The molecule has 0 spiro atoms. The minimum atomic E-state index is -0.475. The Morgan fingerprint density at radius 2 is 0.621 bits per heavy atom. The van der Waals surface area contributed by atoms with E-state index in [1.807, 2.05) is 24.3 Å². The number of Topliss-reactive ketones (excluding diaryl/α,β-unsaturated/α-hetero) is 4. The zero-order chi connectivity index (χ0) is 51.3. The molecule has 0 aliphatic carbocycles. The maximum atomic E-state index is 10.1. The van der Waals surface area contributed by atoms with Crippen LogP contribution in [0, 0.1) is 7.11 Å². The number of unbranched alkanes of at least 4 members (excludes halogenated alkanes) is 3. The molecule has 66 heavy (non-hydrogen) atoms. The summed E-state index contributed by atoms with van der Waals surface area (Å²) in [5.74, 6) is 0.148. The van der Waals surface area contributed by atoms with Crippen LogP contribution in [0.5, 0.6) is 0 Å². The van der Waals surface area contributed by atoms with Crippen LogP contribution in [0.4, 0.5) is 0 Å². The average Bonchev–Trinajstić information content (AvgIpc) is 3.19. The monoisotopic (exact) mass is 1280 g/mol. The van der Waals surface area contributed by atoms with Gasteiger partial charge in [-0.05, 0) is 96.9 Å². The van der Waals surface area contributed by atoms with E-state index in [2.05, 4.69) is 32.6 Å². The molecule has 17 heteroatoms. The molecule has 2 aromatic carbocycles. The Balaban J connectivity index is -0.0000000800. The number of ether oxygens (including phenoxy) is 1. The summed E-state index contributed by atoms with van der Waals surface area (Å²) in [6.45, 7) is 20.2. The molecule has 0 aromatic heterocycles. The van der Waals surface area contributed by atoms with Crippen molar-refractivity contribution in [3.8, 4) is 0 Å². The van der Waals surface area contributed by atoms with Crippen molar-refractivity contribution in [3.63, 3.8) is 0 Å².